The molecule has 0 bridgehead atoms. The number of carbonyl (C=O) groups is 2. The summed E-state index contributed by atoms with van der Waals surface area (Å²) in [6.45, 7) is 3.67. The molecule has 1 aliphatic heterocycles. The van der Waals surface area contributed by atoms with Crippen LogP contribution in [0.1, 0.15) is 37.1 Å². The molecule has 1 amide bonds. The first-order valence-electron chi connectivity index (χ1n) is 10.8. The molecule has 0 spiro atoms. The summed E-state index contributed by atoms with van der Waals surface area (Å²) in [4.78, 5) is 34.1. The number of aromatic nitrogens is 2. The van der Waals surface area contributed by atoms with Gasteiger partial charge in [0.2, 0.25) is 0 Å². The Morgan fingerprint density at radius 2 is 1.91 bits per heavy atom. The van der Waals surface area contributed by atoms with E-state index < -0.39 is 5.97 Å². The molecule has 3 heterocycles. The molecule has 3 N–H and O–H groups in total. The smallest absolute Gasteiger partial charge is 0.347 e. The average Bonchev–Trinajstić information content (AvgIpc) is 3.19. The van der Waals surface area contributed by atoms with Crippen LogP contribution in [0.5, 0.6) is 0 Å². The van der Waals surface area contributed by atoms with E-state index in [2.05, 4.69) is 20.2 Å². The number of halogens is 2. The van der Waals surface area contributed by atoms with Gasteiger partial charge in [-0.25, -0.2) is 9.78 Å². The number of thiazole rings is 1. The average molecular weight is 521 g/mol. The van der Waals surface area contributed by atoms with Crippen LogP contribution < -0.4 is 10.2 Å². The molecule has 3 aromatic rings. The number of hydrogen-bond donors (Lipinski definition) is 3. The summed E-state index contributed by atoms with van der Waals surface area (Å²) in [7, 11) is 0. The van der Waals surface area contributed by atoms with Crippen molar-refractivity contribution in [2.45, 2.75) is 26.2 Å². The van der Waals surface area contributed by atoms with E-state index in [0.717, 1.165) is 16.9 Å². The van der Waals surface area contributed by atoms with E-state index in [1.807, 2.05) is 30.3 Å². The maximum Gasteiger partial charge on any atom is 0.347 e. The van der Waals surface area contributed by atoms with Gasteiger partial charge in [0.1, 0.15) is 10.6 Å². The Morgan fingerprint density at radius 1 is 1.21 bits per heavy atom. The maximum absolute atomic E-state index is 12.6. The number of fused-ring (bicyclic) bond motifs is 1. The lowest BCUT2D eigenvalue weighted by atomic mass is 10.2. The zero-order chi connectivity index (χ0) is 24.0. The minimum Gasteiger partial charge on any atom is -0.477 e. The Morgan fingerprint density at radius 3 is 2.53 bits per heavy atom. The summed E-state index contributed by atoms with van der Waals surface area (Å²) in [6.07, 6.45) is 0. The first-order chi connectivity index (χ1) is 16.3. The van der Waals surface area contributed by atoms with Gasteiger partial charge in [0.15, 0.2) is 5.13 Å². The van der Waals surface area contributed by atoms with Gasteiger partial charge < -0.3 is 25.0 Å². The number of benzene rings is 1. The lowest BCUT2D eigenvalue weighted by Crippen LogP contribution is -2.34. The maximum atomic E-state index is 12.6. The standard InChI is InChI=1S/C23H22Cl2N4O4S/c1-11-16(24)17(25)19(26-11)21(30)28-18-13-7-29(8-14(13)18)23-27-15(20(34-23)22(31)32)10-33-9-12-5-3-2-4-6-12/h2-6,13-14,18,26H,7-10H2,1H3,(H,28,30)(H,31,32)/t13-,14+,18?. The summed E-state index contributed by atoms with van der Waals surface area (Å²) in [5.41, 5.74) is 2.38. The van der Waals surface area contributed by atoms with Gasteiger partial charge in [0, 0.05) is 36.7 Å². The number of aryl methyl sites for hydroxylation is 1. The molecule has 1 aliphatic carbocycles. The number of aromatic carboxylic acids is 1. The summed E-state index contributed by atoms with van der Waals surface area (Å²) < 4.78 is 5.72. The number of carbonyl (C=O) groups excluding carboxylic acids is 1. The van der Waals surface area contributed by atoms with Crippen molar-refractivity contribution in [2.75, 3.05) is 18.0 Å². The third-order valence-electron chi connectivity index (χ3n) is 6.27. The second-order valence-electron chi connectivity index (χ2n) is 8.54. The third kappa shape index (κ3) is 4.40. The number of anilines is 1. The molecule has 3 atom stereocenters. The normalized spacial score (nSPS) is 20.9. The van der Waals surface area contributed by atoms with Gasteiger partial charge >= 0.3 is 5.97 Å². The lowest BCUT2D eigenvalue weighted by Gasteiger charge is -2.19. The number of H-pyrrole nitrogens is 1. The van der Waals surface area contributed by atoms with Crippen molar-refractivity contribution < 1.29 is 19.4 Å². The highest BCUT2D eigenvalue weighted by atomic mass is 35.5. The van der Waals surface area contributed by atoms with Gasteiger partial charge in [-0.3, -0.25) is 4.79 Å². The van der Waals surface area contributed by atoms with Crippen LogP contribution in [0, 0.1) is 18.8 Å². The van der Waals surface area contributed by atoms with Crippen LogP contribution in [-0.2, 0) is 18.0 Å². The van der Waals surface area contributed by atoms with Gasteiger partial charge in [-0.05, 0) is 12.5 Å². The number of carboxylic acids is 1. The SMILES string of the molecule is Cc1[nH]c(C(=O)NC2[C@H]3CN(c4nc(COCc5ccccc5)c(C(=O)O)s4)C[C@@H]23)c(Cl)c1Cl. The predicted molar refractivity (Wildman–Crippen MR) is 130 cm³/mol. The van der Waals surface area contributed by atoms with Crippen molar-refractivity contribution in [3.05, 3.63) is 67.9 Å². The van der Waals surface area contributed by atoms with E-state index in [1.54, 1.807) is 6.92 Å². The second kappa shape index (κ2) is 9.22. The summed E-state index contributed by atoms with van der Waals surface area (Å²) in [5.74, 6) is -0.715. The second-order valence-corrected chi connectivity index (χ2v) is 10.3. The van der Waals surface area contributed by atoms with Gasteiger partial charge in [0.25, 0.3) is 5.91 Å². The van der Waals surface area contributed by atoms with Crippen molar-refractivity contribution in [2.24, 2.45) is 11.8 Å². The van der Waals surface area contributed by atoms with E-state index >= 15 is 0 Å². The van der Waals surface area contributed by atoms with Crippen molar-refractivity contribution in [1.82, 2.24) is 15.3 Å². The topological polar surface area (TPSA) is 108 Å². The highest BCUT2D eigenvalue weighted by Crippen LogP contribution is 2.48. The molecule has 1 saturated heterocycles. The third-order valence-corrected chi connectivity index (χ3v) is 8.37. The first-order valence-corrected chi connectivity index (χ1v) is 12.3. The van der Waals surface area contributed by atoms with E-state index in [-0.39, 0.29) is 46.0 Å². The molecule has 1 aromatic carbocycles. The monoisotopic (exact) mass is 520 g/mol. The molecule has 34 heavy (non-hydrogen) atoms. The highest BCUT2D eigenvalue weighted by Gasteiger charge is 2.57. The molecule has 2 fully saturated rings. The van der Waals surface area contributed by atoms with Crippen LogP contribution in [0.4, 0.5) is 5.13 Å². The molecule has 1 unspecified atom stereocenters. The predicted octanol–water partition coefficient (Wildman–Crippen LogP) is 4.37. The molecule has 8 nitrogen and oxygen atoms in total. The van der Waals surface area contributed by atoms with Crippen molar-refractivity contribution in [1.29, 1.82) is 0 Å². The molecule has 2 aliphatic rings. The number of hydrogen-bond acceptors (Lipinski definition) is 6. The minimum atomic E-state index is -1.01. The van der Waals surface area contributed by atoms with E-state index in [9.17, 15) is 14.7 Å². The fourth-order valence-corrected chi connectivity index (χ4v) is 5.77. The Bertz CT molecular complexity index is 1230. The van der Waals surface area contributed by atoms with Crippen LogP contribution in [-0.4, -0.2) is 46.1 Å². The summed E-state index contributed by atoms with van der Waals surface area (Å²) in [5, 5.41) is 13.9. The quantitative estimate of drug-likeness (QED) is 0.407. The summed E-state index contributed by atoms with van der Waals surface area (Å²) >= 11 is 13.4. The van der Waals surface area contributed by atoms with Crippen LogP contribution in [0.2, 0.25) is 10.0 Å². The fraction of sp³-hybridized carbons (Fsp3) is 0.348. The van der Waals surface area contributed by atoms with Crippen molar-refractivity contribution in [3.8, 4) is 0 Å². The number of aromatic amines is 1. The van der Waals surface area contributed by atoms with Crippen LogP contribution >= 0.6 is 34.5 Å². The van der Waals surface area contributed by atoms with Gasteiger partial charge in [-0.1, -0.05) is 64.9 Å². The van der Waals surface area contributed by atoms with Crippen LogP contribution in [0.15, 0.2) is 30.3 Å². The zero-order valence-electron chi connectivity index (χ0n) is 18.2. The highest BCUT2D eigenvalue weighted by molar-refractivity contribution is 7.17. The largest absolute Gasteiger partial charge is 0.477 e. The van der Waals surface area contributed by atoms with E-state index in [1.165, 1.54) is 0 Å². The molecular weight excluding hydrogens is 499 g/mol. The van der Waals surface area contributed by atoms with E-state index in [4.69, 9.17) is 27.9 Å². The number of piperidine rings is 1. The molecule has 0 radical (unpaired) electrons. The van der Waals surface area contributed by atoms with Gasteiger partial charge in [-0.2, -0.15) is 0 Å². The number of rotatable bonds is 8. The number of nitrogens with zero attached hydrogens (tertiary/aromatic N) is 2. The molecule has 2 aromatic heterocycles. The van der Waals surface area contributed by atoms with Crippen molar-refractivity contribution in [3.63, 3.8) is 0 Å². The molecular formula is C23H22Cl2N4O4S. The number of carboxylic acid groups (broad SMARTS) is 1. The lowest BCUT2D eigenvalue weighted by molar-refractivity contribution is 0.0688. The fourth-order valence-electron chi connectivity index (χ4n) is 4.43. The zero-order valence-corrected chi connectivity index (χ0v) is 20.5. The molecule has 1 saturated carbocycles. The number of nitrogens with one attached hydrogen (secondary N) is 2. The molecule has 5 rings (SSSR count). The van der Waals surface area contributed by atoms with Gasteiger partial charge in [0.05, 0.1) is 29.0 Å². The Balaban J connectivity index is 1.19. The molecule has 11 heteroatoms. The van der Waals surface area contributed by atoms with Crippen molar-refractivity contribution >= 4 is 51.5 Å². The Labute approximate surface area is 209 Å². The van der Waals surface area contributed by atoms with E-state index in [0.29, 0.717) is 41.2 Å². The Hall–Kier alpha value is -2.59. The van der Waals surface area contributed by atoms with Crippen LogP contribution in [0.3, 0.4) is 0 Å². The van der Waals surface area contributed by atoms with Gasteiger partial charge in [-0.15, -0.1) is 0 Å². The number of amides is 1. The molecule has 178 valence electrons. The van der Waals surface area contributed by atoms with Crippen LogP contribution in [0.25, 0.3) is 0 Å². The Kier molecular flexibility index (Phi) is 6.28. The summed E-state index contributed by atoms with van der Waals surface area (Å²) in [6, 6.07) is 9.75. The minimum absolute atomic E-state index is 0.0507. The number of ether oxygens (including phenoxy) is 1. The first kappa shape index (κ1) is 23.2.